The average molecular weight is 214 g/mol. The Hall–Kier alpha value is -1.16. The molecule has 0 fully saturated rings. The molecule has 0 heterocycles. The molecule has 0 saturated carbocycles. The second-order valence-electron chi connectivity index (χ2n) is 3.45. The molecule has 0 radical (unpaired) electrons. The first-order valence-corrected chi connectivity index (χ1v) is 4.88. The summed E-state index contributed by atoms with van der Waals surface area (Å²) >= 11 is 0. The normalized spacial score (nSPS) is 14.1. The first kappa shape index (κ1) is 13.8. The quantitative estimate of drug-likeness (QED) is 0.366. The van der Waals surface area contributed by atoms with E-state index in [1.54, 1.807) is 13.0 Å². The van der Waals surface area contributed by atoms with Crippen LogP contribution in [0, 0.1) is 0 Å². The summed E-state index contributed by atoms with van der Waals surface area (Å²) in [7, 11) is 0. The molecule has 0 spiro atoms. The number of hydrogen-bond donors (Lipinski definition) is 0. The van der Waals surface area contributed by atoms with E-state index in [0.717, 1.165) is 0 Å². The lowest BCUT2D eigenvalue weighted by Gasteiger charge is -2.15. The molecule has 2 unspecified atom stereocenters. The summed E-state index contributed by atoms with van der Waals surface area (Å²) < 4.78 is 10.2. The average Bonchev–Trinajstić information content (AvgIpc) is 2.12. The molecule has 2 atom stereocenters. The van der Waals surface area contributed by atoms with Crippen molar-refractivity contribution in [3.8, 4) is 0 Å². The molecule has 0 rings (SSSR count). The van der Waals surface area contributed by atoms with Crippen molar-refractivity contribution in [2.75, 3.05) is 6.61 Å². The number of Topliss-reactive ketones (excluding diaryl/α,β-unsaturated/α-hetero) is 1. The van der Waals surface area contributed by atoms with Crippen LogP contribution in [0.4, 0.5) is 0 Å². The van der Waals surface area contributed by atoms with Crippen LogP contribution in [0.15, 0.2) is 12.7 Å². The largest absolute Gasteiger partial charge is 0.460 e. The number of ketones is 1. The maximum atomic E-state index is 11.1. The van der Waals surface area contributed by atoms with E-state index >= 15 is 0 Å². The van der Waals surface area contributed by atoms with E-state index in [4.69, 9.17) is 9.47 Å². The van der Waals surface area contributed by atoms with Gasteiger partial charge >= 0.3 is 5.97 Å². The topological polar surface area (TPSA) is 52.6 Å². The van der Waals surface area contributed by atoms with E-state index in [9.17, 15) is 9.59 Å². The van der Waals surface area contributed by atoms with Gasteiger partial charge in [0.15, 0.2) is 0 Å². The molecular formula is C11H18O4. The van der Waals surface area contributed by atoms with E-state index in [1.807, 2.05) is 6.92 Å². The summed E-state index contributed by atoms with van der Waals surface area (Å²) in [5.74, 6) is -0.711. The monoisotopic (exact) mass is 214 g/mol. The van der Waals surface area contributed by atoms with Crippen molar-refractivity contribution >= 4 is 11.8 Å². The predicted octanol–water partition coefficient (Wildman–Crippen LogP) is 1.49. The van der Waals surface area contributed by atoms with Gasteiger partial charge < -0.3 is 9.47 Å². The first-order valence-electron chi connectivity index (χ1n) is 4.88. The van der Waals surface area contributed by atoms with Gasteiger partial charge in [-0.1, -0.05) is 6.08 Å². The third-order valence-corrected chi connectivity index (χ3v) is 1.65. The summed E-state index contributed by atoms with van der Waals surface area (Å²) in [4.78, 5) is 21.7. The molecule has 15 heavy (non-hydrogen) atoms. The highest BCUT2D eigenvalue weighted by atomic mass is 16.6. The van der Waals surface area contributed by atoms with Gasteiger partial charge in [0.05, 0.1) is 12.7 Å². The minimum absolute atomic E-state index is 0.0704. The van der Waals surface area contributed by atoms with Crippen molar-refractivity contribution in [3.05, 3.63) is 12.7 Å². The van der Waals surface area contributed by atoms with Gasteiger partial charge in [-0.05, 0) is 20.8 Å². The zero-order valence-electron chi connectivity index (χ0n) is 9.49. The summed E-state index contributed by atoms with van der Waals surface area (Å²) in [5.41, 5.74) is 0. The lowest BCUT2D eigenvalue weighted by Crippen LogP contribution is -2.23. The Morgan fingerprint density at radius 1 is 1.40 bits per heavy atom. The Morgan fingerprint density at radius 2 is 2.00 bits per heavy atom. The second-order valence-corrected chi connectivity index (χ2v) is 3.45. The molecule has 0 N–H and O–H groups in total. The molecule has 0 aromatic rings. The van der Waals surface area contributed by atoms with Crippen molar-refractivity contribution < 1.29 is 19.1 Å². The highest BCUT2D eigenvalue weighted by Gasteiger charge is 2.12. The van der Waals surface area contributed by atoms with Crippen LogP contribution >= 0.6 is 0 Å². The van der Waals surface area contributed by atoms with Gasteiger partial charge in [0.2, 0.25) is 0 Å². The number of esters is 1. The highest BCUT2D eigenvalue weighted by molar-refractivity contribution is 5.94. The van der Waals surface area contributed by atoms with Crippen LogP contribution in [0.25, 0.3) is 0 Å². The summed E-state index contributed by atoms with van der Waals surface area (Å²) in [6.45, 7) is 8.77. The van der Waals surface area contributed by atoms with Gasteiger partial charge in [0, 0.05) is 0 Å². The smallest absolute Gasteiger partial charge is 0.313 e. The van der Waals surface area contributed by atoms with Gasteiger partial charge in [-0.3, -0.25) is 9.59 Å². The highest BCUT2D eigenvalue weighted by Crippen LogP contribution is 1.99. The van der Waals surface area contributed by atoms with Crippen molar-refractivity contribution in [1.82, 2.24) is 0 Å². The van der Waals surface area contributed by atoms with Crippen molar-refractivity contribution in [3.63, 3.8) is 0 Å². The predicted molar refractivity (Wildman–Crippen MR) is 56.5 cm³/mol. The van der Waals surface area contributed by atoms with Crippen LogP contribution in [0.5, 0.6) is 0 Å². The van der Waals surface area contributed by atoms with Crippen LogP contribution in [-0.2, 0) is 19.1 Å². The summed E-state index contributed by atoms with van der Waals surface area (Å²) in [6, 6.07) is 0. The SMILES string of the molecule is C=CC(C)OCC(C)OC(=O)CC(C)=O. The van der Waals surface area contributed by atoms with E-state index in [0.29, 0.717) is 6.61 Å². The van der Waals surface area contributed by atoms with E-state index in [-0.39, 0.29) is 24.4 Å². The van der Waals surface area contributed by atoms with E-state index < -0.39 is 5.97 Å². The number of hydrogen-bond acceptors (Lipinski definition) is 4. The molecule has 0 aromatic carbocycles. The van der Waals surface area contributed by atoms with Gasteiger partial charge in [-0.25, -0.2) is 0 Å². The fraction of sp³-hybridized carbons (Fsp3) is 0.636. The summed E-state index contributed by atoms with van der Waals surface area (Å²) in [6.07, 6.45) is 1.06. The maximum Gasteiger partial charge on any atom is 0.313 e. The standard InChI is InChI=1S/C11H18O4/c1-5-9(3)14-7-10(4)15-11(13)6-8(2)12/h5,9-10H,1,6-7H2,2-4H3. The minimum atomic E-state index is -0.509. The molecule has 0 aliphatic carbocycles. The molecule has 0 aliphatic heterocycles. The Balaban J connectivity index is 3.73. The lowest BCUT2D eigenvalue weighted by atomic mass is 10.3. The van der Waals surface area contributed by atoms with Crippen LogP contribution in [0.1, 0.15) is 27.2 Å². The number of ether oxygens (including phenoxy) is 2. The zero-order chi connectivity index (χ0) is 11.8. The summed E-state index contributed by atoms with van der Waals surface area (Å²) in [5, 5.41) is 0. The lowest BCUT2D eigenvalue weighted by molar-refractivity contribution is -0.152. The molecule has 0 amide bonds. The van der Waals surface area contributed by atoms with Gasteiger partial charge in [0.25, 0.3) is 0 Å². The van der Waals surface area contributed by atoms with E-state index in [2.05, 4.69) is 6.58 Å². The molecule has 4 heteroatoms. The maximum absolute atomic E-state index is 11.1. The molecule has 86 valence electrons. The third kappa shape index (κ3) is 7.88. The number of carbonyl (C=O) groups is 2. The van der Waals surface area contributed by atoms with Gasteiger partial charge in [0.1, 0.15) is 18.3 Å². The Morgan fingerprint density at radius 3 is 2.47 bits per heavy atom. The Bertz CT molecular complexity index is 235. The second kappa shape index (κ2) is 7.17. The zero-order valence-corrected chi connectivity index (χ0v) is 9.49. The number of rotatable bonds is 7. The van der Waals surface area contributed by atoms with Crippen LogP contribution in [-0.4, -0.2) is 30.6 Å². The fourth-order valence-corrected chi connectivity index (χ4v) is 0.859. The van der Waals surface area contributed by atoms with Crippen LogP contribution in [0.2, 0.25) is 0 Å². The molecule has 0 bridgehead atoms. The minimum Gasteiger partial charge on any atom is -0.460 e. The third-order valence-electron chi connectivity index (χ3n) is 1.65. The van der Waals surface area contributed by atoms with E-state index in [1.165, 1.54) is 6.92 Å². The molecule has 4 nitrogen and oxygen atoms in total. The molecule has 0 saturated heterocycles. The van der Waals surface area contributed by atoms with Crippen molar-refractivity contribution in [2.24, 2.45) is 0 Å². The van der Waals surface area contributed by atoms with Crippen LogP contribution in [0.3, 0.4) is 0 Å². The van der Waals surface area contributed by atoms with Crippen LogP contribution < -0.4 is 0 Å². The number of carbonyl (C=O) groups excluding carboxylic acids is 2. The van der Waals surface area contributed by atoms with Gasteiger partial charge in [-0.15, -0.1) is 6.58 Å². The van der Waals surface area contributed by atoms with Gasteiger partial charge in [-0.2, -0.15) is 0 Å². The van der Waals surface area contributed by atoms with Crippen molar-refractivity contribution in [2.45, 2.75) is 39.4 Å². The Kier molecular flexibility index (Phi) is 6.62. The Labute approximate surface area is 90.2 Å². The molecule has 0 aromatic heterocycles. The molecule has 0 aliphatic rings. The first-order chi connectivity index (χ1) is 6.95. The van der Waals surface area contributed by atoms with Crippen molar-refractivity contribution in [1.29, 1.82) is 0 Å². The fourth-order valence-electron chi connectivity index (χ4n) is 0.859. The molecular weight excluding hydrogens is 196 g/mol.